The second-order valence-corrected chi connectivity index (χ2v) is 8.77. The molecule has 3 aliphatic rings. The number of fused-ring (bicyclic) bond motifs is 1. The summed E-state index contributed by atoms with van der Waals surface area (Å²) in [6, 6.07) is 7.89. The third-order valence-electron chi connectivity index (χ3n) is 6.59. The smallest absolute Gasteiger partial charge is 0.270 e. The van der Waals surface area contributed by atoms with Crippen LogP contribution in [-0.4, -0.2) is 74.2 Å². The summed E-state index contributed by atoms with van der Waals surface area (Å²) in [4.78, 5) is 32.9. The lowest BCUT2D eigenvalue weighted by atomic mass is 10.1. The Bertz CT molecular complexity index is 958. The molecule has 0 aliphatic carbocycles. The number of piperazine rings is 1. The lowest BCUT2D eigenvalue weighted by molar-refractivity contribution is -1.01. The van der Waals surface area contributed by atoms with E-state index in [9.17, 15) is 9.59 Å². The number of Topliss-reactive ketones (excluding diaryl/α,β-unsaturated/α-hetero) is 1. The number of ether oxygens (including phenoxy) is 2. The molecule has 1 aromatic carbocycles. The number of benzene rings is 1. The second-order valence-electron chi connectivity index (χ2n) is 8.77. The van der Waals surface area contributed by atoms with Crippen LogP contribution in [0.15, 0.2) is 30.5 Å². The highest BCUT2D eigenvalue weighted by atomic mass is 16.7. The monoisotopic (exact) mass is 426 g/mol. The summed E-state index contributed by atoms with van der Waals surface area (Å²) in [6.07, 6.45) is 3.81. The van der Waals surface area contributed by atoms with Gasteiger partial charge < -0.3 is 29.2 Å². The zero-order valence-electron chi connectivity index (χ0n) is 17.7. The molecule has 2 fully saturated rings. The maximum atomic E-state index is 12.8. The van der Waals surface area contributed by atoms with E-state index < -0.39 is 0 Å². The fourth-order valence-corrected chi connectivity index (χ4v) is 4.75. The summed E-state index contributed by atoms with van der Waals surface area (Å²) in [5, 5.41) is 0. The van der Waals surface area contributed by atoms with Gasteiger partial charge in [-0.3, -0.25) is 9.59 Å². The molecule has 2 aromatic rings. The van der Waals surface area contributed by atoms with Gasteiger partial charge in [0.05, 0.1) is 0 Å². The van der Waals surface area contributed by atoms with Crippen molar-refractivity contribution in [3.8, 4) is 11.5 Å². The van der Waals surface area contributed by atoms with Gasteiger partial charge in [-0.2, -0.15) is 0 Å². The van der Waals surface area contributed by atoms with Gasteiger partial charge in [0.1, 0.15) is 45.0 Å². The van der Waals surface area contributed by atoms with Crippen LogP contribution in [0.3, 0.4) is 0 Å². The summed E-state index contributed by atoms with van der Waals surface area (Å²) < 4.78 is 10.9. The Morgan fingerprint density at radius 3 is 2.52 bits per heavy atom. The molecule has 0 radical (unpaired) electrons. The van der Waals surface area contributed by atoms with Crippen LogP contribution in [0, 0.1) is 0 Å². The first-order chi connectivity index (χ1) is 15.2. The number of likely N-dealkylation sites (tertiary alicyclic amines) is 1. The molecule has 31 heavy (non-hydrogen) atoms. The van der Waals surface area contributed by atoms with Crippen LogP contribution in [0.25, 0.3) is 0 Å². The van der Waals surface area contributed by atoms with Crippen molar-refractivity contribution in [1.29, 1.82) is 0 Å². The summed E-state index contributed by atoms with van der Waals surface area (Å²) in [5.74, 6) is 1.76. The van der Waals surface area contributed by atoms with Gasteiger partial charge >= 0.3 is 0 Å². The first-order valence-electron chi connectivity index (χ1n) is 11.2. The van der Waals surface area contributed by atoms with Crippen LogP contribution in [0.5, 0.6) is 11.5 Å². The Morgan fingerprint density at radius 1 is 0.968 bits per heavy atom. The number of aromatic nitrogens is 1. The van der Waals surface area contributed by atoms with Gasteiger partial charge in [-0.05, 0) is 37.1 Å². The summed E-state index contributed by atoms with van der Waals surface area (Å²) in [5.41, 5.74) is 2.39. The molecule has 8 nitrogen and oxygen atoms in total. The molecule has 1 amide bonds. The average Bonchev–Trinajstić information content (AvgIpc) is 3.55. The molecular weight excluding hydrogens is 396 g/mol. The molecule has 164 valence electrons. The molecule has 8 heteroatoms. The minimum absolute atomic E-state index is 0.00429. The van der Waals surface area contributed by atoms with Crippen molar-refractivity contribution in [2.75, 3.05) is 52.6 Å². The van der Waals surface area contributed by atoms with Crippen molar-refractivity contribution >= 4 is 11.7 Å². The maximum Gasteiger partial charge on any atom is 0.270 e. The summed E-state index contributed by atoms with van der Waals surface area (Å²) in [7, 11) is 0. The lowest BCUT2D eigenvalue weighted by Crippen LogP contribution is -3.27. The number of aromatic amines is 1. The van der Waals surface area contributed by atoms with E-state index in [0.717, 1.165) is 70.2 Å². The molecule has 3 N–H and O–H groups in total. The highest BCUT2D eigenvalue weighted by Crippen LogP contribution is 2.32. The van der Waals surface area contributed by atoms with Crippen LogP contribution >= 0.6 is 0 Å². The van der Waals surface area contributed by atoms with Gasteiger partial charge in [0.25, 0.3) is 5.91 Å². The first kappa shape index (κ1) is 20.1. The number of H-pyrrole nitrogens is 1. The van der Waals surface area contributed by atoms with E-state index in [0.29, 0.717) is 24.6 Å². The van der Waals surface area contributed by atoms with E-state index in [4.69, 9.17) is 9.47 Å². The van der Waals surface area contributed by atoms with E-state index in [-0.39, 0.29) is 11.7 Å². The number of hydrogen-bond acceptors (Lipinski definition) is 4. The van der Waals surface area contributed by atoms with E-state index in [1.54, 1.807) is 12.3 Å². The number of amides is 1. The largest absolute Gasteiger partial charge is 0.454 e. The fraction of sp³-hybridized carbons (Fsp3) is 0.478. The second kappa shape index (κ2) is 8.72. The molecule has 0 unspecified atom stereocenters. The maximum absolute atomic E-state index is 12.8. The molecule has 5 rings (SSSR count). The minimum atomic E-state index is 0.00429. The van der Waals surface area contributed by atoms with E-state index in [1.165, 1.54) is 15.4 Å². The molecule has 4 heterocycles. The van der Waals surface area contributed by atoms with Gasteiger partial charge in [-0.25, -0.2) is 0 Å². The van der Waals surface area contributed by atoms with Crippen LogP contribution in [0.1, 0.15) is 39.3 Å². The van der Waals surface area contributed by atoms with E-state index >= 15 is 0 Å². The Morgan fingerprint density at radius 2 is 1.71 bits per heavy atom. The molecule has 3 aliphatic heterocycles. The predicted molar refractivity (Wildman–Crippen MR) is 113 cm³/mol. The number of ketones is 1. The standard InChI is InChI=1S/C23H28N4O4/c28-20(18-12-19(24-13-18)23(29)27-5-1-2-6-27)15-26-9-7-25(8-10-26)14-17-3-4-21-22(11-17)31-16-30-21/h3-4,11-13,24H,1-2,5-10,14-16H2/p+2. The highest BCUT2D eigenvalue weighted by Gasteiger charge is 2.27. The zero-order chi connectivity index (χ0) is 21.2. The Balaban J connectivity index is 1.10. The summed E-state index contributed by atoms with van der Waals surface area (Å²) in [6.45, 7) is 7.35. The van der Waals surface area contributed by atoms with Crippen molar-refractivity contribution in [3.05, 3.63) is 47.3 Å². The van der Waals surface area contributed by atoms with Crippen molar-refractivity contribution in [2.45, 2.75) is 19.4 Å². The van der Waals surface area contributed by atoms with Crippen molar-refractivity contribution < 1.29 is 28.9 Å². The third-order valence-corrected chi connectivity index (χ3v) is 6.59. The number of hydrogen-bond donors (Lipinski definition) is 3. The number of carbonyl (C=O) groups excluding carboxylic acids is 2. The number of nitrogens with one attached hydrogen (secondary N) is 3. The van der Waals surface area contributed by atoms with Crippen molar-refractivity contribution in [2.24, 2.45) is 0 Å². The van der Waals surface area contributed by atoms with Crippen molar-refractivity contribution in [3.63, 3.8) is 0 Å². The van der Waals surface area contributed by atoms with E-state index in [2.05, 4.69) is 17.1 Å². The average molecular weight is 427 g/mol. The van der Waals surface area contributed by atoms with Gasteiger partial charge in [-0.15, -0.1) is 0 Å². The number of carbonyl (C=O) groups is 2. The highest BCUT2D eigenvalue weighted by molar-refractivity contribution is 6.00. The Labute approximate surface area is 181 Å². The Kier molecular flexibility index (Phi) is 5.65. The lowest BCUT2D eigenvalue weighted by Gasteiger charge is -2.29. The van der Waals surface area contributed by atoms with Crippen LogP contribution in [0.2, 0.25) is 0 Å². The molecule has 1 aromatic heterocycles. The van der Waals surface area contributed by atoms with Gasteiger partial charge in [0.15, 0.2) is 11.5 Å². The molecule has 0 atom stereocenters. The van der Waals surface area contributed by atoms with Gasteiger partial charge in [0, 0.05) is 30.4 Å². The number of quaternary nitrogens is 2. The van der Waals surface area contributed by atoms with Crippen molar-refractivity contribution in [1.82, 2.24) is 9.88 Å². The molecular formula is C23H30N4O4+2. The first-order valence-corrected chi connectivity index (χ1v) is 11.2. The molecule has 0 spiro atoms. The molecule has 2 saturated heterocycles. The number of rotatable bonds is 6. The Hall–Kier alpha value is -2.84. The molecule has 0 bridgehead atoms. The van der Waals surface area contributed by atoms with Gasteiger partial charge in [0.2, 0.25) is 12.6 Å². The topological polar surface area (TPSA) is 80.5 Å². The van der Waals surface area contributed by atoms with Crippen LogP contribution in [0.4, 0.5) is 0 Å². The quantitative estimate of drug-likeness (QED) is 0.526. The third kappa shape index (κ3) is 4.45. The van der Waals surface area contributed by atoms with E-state index in [1.807, 2.05) is 11.0 Å². The normalized spacial score (nSPS) is 22.6. The van der Waals surface area contributed by atoms with Gasteiger partial charge in [-0.1, -0.05) is 0 Å². The molecule has 0 saturated carbocycles. The van der Waals surface area contributed by atoms with Crippen LogP contribution < -0.4 is 19.3 Å². The SMILES string of the molecule is O=C(C[NH+]1CC[NH+](Cc2ccc3c(c2)OCO3)CC1)c1c[nH]c(C(=O)N2CCCC2)c1. The minimum Gasteiger partial charge on any atom is -0.454 e. The van der Waals surface area contributed by atoms with Crippen LogP contribution in [-0.2, 0) is 6.54 Å². The predicted octanol–water partition coefficient (Wildman–Crippen LogP) is -0.854. The summed E-state index contributed by atoms with van der Waals surface area (Å²) >= 11 is 0. The fourth-order valence-electron chi connectivity index (χ4n) is 4.75. The number of nitrogens with zero attached hydrogens (tertiary/aromatic N) is 1. The zero-order valence-corrected chi connectivity index (χ0v) is 17.7.